The lowest BCUT2D eigenvalue weighted by Crippen LogP contribution is -2.36. The van der Waals surface area contributed by atoms with E-state index in [1.54, 1.807) is 11.9 Å². The molecule has 1 aromatic heterocycles. The molecule has 1 N–H and O–H groups in total. The van der Waals surface area contributed by atoms with Crippen molar-refractivity contribution >= 4 is 28.4 Å². The van der Waals surface area contributed by atoms with Gasteiger partial charge in [0.05, 0.1) is 5.69 Å². The first-order valence-corrected chi connectivity index (χ1v) is 8.04. The van der Waals surface area contributed by atoms with Gasteiger partial charge in [-0.25, -0.2) is 9.69 Å². The van der Waals surface area contributed by atoms with Crippen LogP contribution in [0.4, 0.5) is 15.6 Å². The van der Waals surface area contributed by atoms with Crippen LogP contribution in [0.25, 0.3) is 0 Å². The van der Waals surface area contributed by atoms with E-state index in [0.717, 1.165) is 28.3 Å². The molecule has 7 heteroatoms. The Kier molecular flexibility index (Phi) is 5.07. The Morgan fingerprint density at radius 3 is 2.18 bits per heavy atom. The number of nitrogens with one attached hydrogen (secondary N) is 1. The molecule has 0 bridgehead atoms. The number of carbonyl (C=O) groups excluding carboxylic acids is 1. The van der Waals surface area contributed by atoms with Gasteiger partial charge in [0.15, 0.2) is 0 Å². The average molecular weight is 319 g/mol. The van der Waals surface area contributed by atoms with Crippen molar-refractivity contribution in [3.63, 3.8) is 0 Å². The highest BCUT2D eigenvalue weighted by Crippen LogP contribution is 2.39. The van der Waals surface area contributed by atoms with Gasteiger partial charge in [-0.1, -0.05) is 55.5 Å². The maximum atomic E-state index is 12.5. The topological polar surface area (TPSA) is 71.0 Å². The van der Waals surface area contributed by atoms with Gasteiger partial charge in [-0.15, -0.1) is 0 Å². The molecule has 0 unspecified atom stereocenters. The van der Waals surface area contributed by atoms with Crippen LogP contribution in [0.15, 0.2) is 18.2 Å². The first kappa shape index (κ1) is 16.4. The molecule has 0 atom stereocenters. The molecular formula is C15H21N5OS. The monoisotopic (exact) mass is 319 g/mol. The molecule has 0 fully saturated rings. The van der Waals surface area contributed by atoms with Crippen LogP contribution in [-0.4, -0.2) is 27.9 Å². The molecule has 1 aromatic carbocycles. The molecule has 0 aliphatic rings. The van der Waals surface area contributed by atoms with Gasteiger partial charge in [0.25, 0.3) is 0 Å². The van der Waals surface area contributed by atoms with Crippen LogP contribution in [0.3, 0.4) is 0 Å². The summed E-state index contributed by atoms with van der Waals surface area (Å²) in [5.74, 6) is 0.559. The minimum absolute atomic E-state index is 0.242. The third-order valence-corrected chi connectivity index (χ3v) is 4.05. The molecule has 0 radical (unpaired) electrons. The van der Waals surface area contributed by atoms with E-state index in [0.29, 0.717) is 5.13 Å². The van der Waals surface area contributed by atoms with Crippen LogP contribution >= 0.6 is 11.5 Å². The molecule has 0 aliphatic carbocycles. The summed E-state index contributed by atoms with van der Waals surface area (Å²) in [6.07, 6.45) is 0. The second kappa shape index (κ2) is 6.83. The van der Waals surface area contributed by atoms with E-state index in [1.165, 1.54) is 0 Å². The summed E-state index contributed by atoms with van der Waals surface area (Å²) in [7, 11) is 1.61. The highest BCUT2D eigenvalue weighted by Gasteiger charge is 2.27. The number of carbonyl (C=O) groups is 1. The number of urea groups is 1. The largest absolute Gasteiger partial charge is 0.340 e. The molecule has 1 heterocycles. The number of aromatic nitrogens is 3. The first-order valence-electron chi connectivity index (χ1n) is 7.27. The number of hydrogen-bond acceptors (Lipinski definition) is 5. The average Bonchev–Trinajstić information content (AvgIpc) is 3.00. The van der Waals surface area contributed by atoms with Crippen molar-refractivity contribution in [2.75, 3.05) is 11.9 Å². The van der Waals surface area contributed by atoms with Gasteiger partial charge in [-0.2, -0.15) is 0 Å². The summed E-state index contributed by atoms with van der Waals surface area (Å²) in [5, 5.41) is 10.8. The van der Waals surface area contributed by atoms with Crippen LogP contribution in [-0.2, 0) is 0 Å². The summed E-state index contributed by atoms with van der Waals surface area (Å²) in [5.41, 5.74) is 3.08. The second-order valence-corrected chi connectivity index (χ2v) is 6.34. The molecule has 2 rings (SSSR count). The van der Waals surface area contributed by atoms with Crippen molar-refractivity contribution in [1.29, 1.82) is 0 Å². The normalized spacial score (nSPS) is 11.0. The summed E-state index contributed by atoms with van der Waals surface area (Å²) in [4.78, 5) is 14.1. The van der Waals surface area contributed by atoms with Crippen molar-refractivity contribution < 1.29 is 4.79 Å². The van der Waals surface area contributed by atoms with E-state index < -0.39 is 0 Å². The number of para-hydroxylation sites is 1. The molecular weight excluding hydrogens is 298 g/mol. The zero-order valence-corrected chi connectivity index (χ0v) is 14.3. The van der Waals surface area contributed by atoms with E-state index in [9.17, 15) is 4.79 Å². The van der Waals surface area contributed by atoms with E-state index in [1.807, 2.05) is 6.07 Å². The lowest BCUT2D eigenvalue weighted by molar-refractivity contribution is 0.250. The maximum absolute atomic E-state index is 12.5. The predicted molar refractivity (Wildman–Crippen MR) is 88.9 cm³/mol. The first-order chi connectivity index (χ1) is 10.5. The van der Waals surface area contributed by atoms with Gasteiger partial charge in [0.2, 0.25) is 5.13 Å². The molecule has 0 saturated carbocycles. The van der Waals surface area contributed by atoms with Gasteiger partial charge in [0, 0.05) is 18.6 Å². The predicted octanol–water partition coefficient (Wildman–Crippen LogP) is 3.66. The lowest BCUT2D eigenvalue weighted by atomic mass is 9.92. The van der Waals surface area contributed by atoms with E-state index in [2.05, 4.69) is 59.9 Å². The molecule has 6 nitrogen and oxygen atoms in total. The number of nitrogens with zero attached hydrogens (tertiary/aromatic N) is 4. The number of amides is 2. The van der Waals surface area contributed by atoms with Crippen LogP contribution in [0.2, 0.25) is 0 Å². The Bertz CT molecular complexity index is 613. The molecule has 0 spiro atoms. The molecule has 2 aromatic rings. The van der Waals surface area contributed by atoms with Gasteiger partial charge in [-0.05, 0) is 28.2 Å². The molecule has 0 aliphatic heterocycles. The van der Waals surface area contributed by atoms with Gasteiger partial charge < -0.3 is 5.32 Å². The Balaban J connectivity index is 2.72. The van der Waals surface area contributed by atoms with E-state index >= 15 is 0 Å². The Morgan fingerprint density at radius 1 is 1.18 bits per heavy atom. The van der Waals surface area contributed by atoms with E-state index in [4.69, 9.17) is 0 Å². The number of benzene rings is 1. The highest BCUT2D eigenvalue weighted by atomic mass is 32.1. The van der Waals surface area contributed by atoms with Crippen molar-refractivity contribution in [3.8, 4) is 0 Å². The number of anilines is 2. The lowest BCUT2D eigenvalue weighted by Gasteiger charge is -2.27. The van der Waals surface area contributed by atoms with Crippen LogP contribution in [0.5, 0.6) is 0 Å². The fourth-order valence-corrected chi connectivity index (χ4v) is 2.86. The van der Waals surface area contributed by atoms with Crippen LogP contribution in [0.1, 0.15) is 50.7 Å². The summed E-state index contributed by atoms with van der Waals surface area (Å²) >= 11 is 1.10. The molecule has 0 saturated heterocycles. The van der Waals surface area contributed by atoms with Crippen molar-refractivity contribution in [1.82, 2.24) is 20.1 Å². The fourth-order valence-electron chi connectivity index (χ4n) is 2.38. The third-order valence-electron chi connectivity index (χ3n) is 3.46. The Labute approximate surface area is 134 Å². The van der Waals surface area contributed by atoms with E-state index in [-0.39, 0.29) is 17.9 Å². The standard InChI is InChI=1S/C15H21N5OS/c1-9(2)11-7-6-8-12(10(3)4)13(11)20(14(21)16-5)15-17-18-19-22-15/h6-10H,1-5H3,(H,16,21). The SMILES string of the molecule is CNC(=O)N(c1nnns1)c1c(C(C)C)cccc1C(C)C. The minimum Gasteiger partial charge on any atom is -0.340 e. The van der Waals surface area contributed by atoms with Crippen molar-refractivity contribution in [2.24, 2.45) is 0 Å². The summed E-state index contributed by atoms with van der Waals surface area (Å²) in [6, 6.07) is 5.90. The summed E-state index contributed by atoms with van der Waals surface area (Å²) in [6.45, 7) is 8.46. The maximum Gasteiger partial charge on any atom is 0.328 e. The molecule has 118 valence electrons. The zero-order chi connectivity index (χ0) is 16.3. The van der Waals surface area contributed by atoms with Crippen molar-refractivity contribution in [2.45, 2.75) is 39.5 Å². The smallest absolute Gasteiger partial charge is 0.328 e. The Morgan fingerprint density at radius 2 is 1.77 bits per heavy atom. The highest BCUT2D eigenvalue weighted by molar-refractivity contribution is 7.09. The second-order valence-electron chi connectivity index (χ2n) is 5.63. The van der Waals surface area contributed by atoms with Gasteiger partial charge >= 0.3 is 6.03 Å². The Hall–Kier alpha value is -2.02. The number of rotatable bonds is 4. The third kappa shape index (κ3) is 3.09. The quantitative estimate of drug-likeness (QED) is 0.933. The van der Waals surface area contributed by atoms with Crippen LogP contribution < -0.4 is 10.2 Å². The molecule has 22 heavy (non-hydrogen) atoms. The van der Waals surface area contributed by atoms with Gasteiger partial charge in [-0.3, -0.25) is 0 Å². The van der Waals surface area contributed by atoms with Gasteiger partial charge in [0.1, 0.15) is 0 Å². The fraction of sp³-hybridized carbons (Fsp3) is 0.467. The van der Waals surface area contributed by atoms with Crippen molar-refractivity contribution in [3.05, 3.63) is 29.3 Å². The van der Waals surface area contributed by atoms with Crippen LogP contribution in [0, 0.1) is 0 Å². The minimum atomic E-state index is -0.242. The summed E-state index contributed by atoms with van der Waals surface area (Å²) < 4.78 is 3.79. The number of hydrogen-bond donors (Lipinski definition) is 1. The zero-order valence-electron chi connectivity index (χ0n) is 13.5. The molecule has 2 amide bonds.